The fraction of sp³-hybridized carbons (Fsp3) is 0.130. The van der Waals surface area contributed by atoms with Crippen LogP contribution in [0.2, 0.25) is 0 Å². The molecule has 0 saturated carbocycles. The fourth-order valence-electron chi connectivity index (χ4n) is 3.07. The second-order valence-electron chi connectivity index (χ2n) is 6.36. The Labute approximate surface area is 153 Å². The number of carbonyl (C=O) groups is 1. The number of nitrogens with zero attached hydrogens (tertiary/aromatic N) is 2. The Bertz CT molecular complexity index is 1020. The molecular formula is C23H20N2O. The van der Waals surface area contributed by atoms with Gasteiger partial charge in [-0.1, -0.05) is 48.0 Å². The van der Waals surface area contributed by atoms with Crippen LogP contribution in [0.15, 0.2) is 66.2 Å². The van der Waals surface area contributed by atoms with Gasteiger partial charge >= 0.3 is 0 Å². The van der Waals surface area contributed by atoms with Crippen LogP contribution in [0.4, 0.5) is 0 Å². The van der Waals surface area contributed by atoms with E-state index in [0.29, 0.717) is 5.56 Å². The van der Waals surface area contributed by atoms with Gasteiger partial charge in [0, 0.05) is 22.6 Å². The highest BCUT2D eigenvalue weighted by atomic mass is 16.1. The maximum absolute atomic E-state index is 12.6. The molecule has 0 N–H and O–H groups in total. The van der Waals surface area contributed by atoms with Crippen molar-refractivity contribution in [1.82, 2.24) is 4.57 Å². The van der Waals surface area contributed by atoms with Gasteiger partial charge < -0.3 is 4.57 Å². The van der Waals surface area contributed by atoms with E-state index in [1.165, 1.54) is 5.56 Å². The molecule has 0 bridgehead atoms. The number of rotatable bonds is 4. The standard InChI is InChI=1S/C23H20N2O/c1-16-9-11-22(12-10-16)25-17(2)13-20(18(25)3)14-21(15-24)23(26)19-7-5-4-6-8-19/h4-14H,1-3H3. The van der Waals surface area contributed by atoms with E-state index in [1.807, 2.05) is 26.0 Å². The van der Waals surface area contributed by atoms with Crippen molar-refractivity contribution < 1.29 is 4.79 Å². The van der Waals surface area contributed by atoms with E-state index in [2.05, 4.69) is 41.8 Å². The van der Waals surface area contributed by atoms with Gasteiger partial charge in [-0.2, -0.15) is 5.26 Å². The Balaban J connectivity index is 2.03. The molecular weight excluding hydrogens is 320 g/mol. The molecule has 128 valence electrons. The molecule has 0 radical (unpaired) electrons. The topological polar surface area (TPSA) is 45.8 Å². The lowest BCUT2D eigenvalue weighted by molar-refractivity contribution is 0.104. The molecule has 26 heavy (non-hydrogen) atoms. The molecule has 0 aliphatic carbocycles. The van der Waals surface area contributed by atoms with Crippen molar-refractivity contribution in [3.63, 3.8) is 0 Å². The maximum atomic E-state index is 12.6. The number of benzene rings is 2. The Morgan fingerprint density at radius 3 is 2.27 bits per heavy atom. The minimum atomic E-state index is -0.256. The number of hydrogen-bond donors (Lipinski definition) is 0. The number of carbonyl (C=O) groups excluding carboxylic acids is 1. The van der Waals surface area contributed by atoms with Crippen molar-refractivity contribution in [1.29, 1.82) is 5.26 Å². The predicted molar refractivity (Wildman–Crippen MR) is 104 cm³/mol. The fourth-order valence-corrected chi connectivity index (χ4v) is 3.07. The van der Waals surface area contributed by atoms with E-state index in [9.17, 15) is 10.1 Å². The molecule has 0 atom stereocenters. The Kier molecular flexibility index (Phi) is 4.86. The average Bonchev–Trinajstić information content (AvgIpc) is 2.94. The summed E-state index contributed by atoms with van der Waals surface area (Å²) in [6.07, 6.45) is 1.68. The van der Waals surface area contributed by atoms with Crippen molar-refractivity contribution in [2.24, 2.45) is 0 Å². The van der Waals surface area contributed by atoms with Crippen molar-refractivity contribution in [2.75, 3.05) is 0 Å². The van der Waals surface area contributed by atoms with Crippen LogP contribution in [0.1, 0.15) is 32.9 Å². The predicted octanol–water partition coefficient (Wildman–Crippen LogP) is 5.19. The molecule has 0 aliphatic rings. The molecule has 0 saturated heterocycles. The van der Waals surface area contributed by atoms with Crippen LogP contribution in [0, 0.1) is 32.1 Å². The minimum Gasteiger partial charge on any atom is -0.318 e. The van der Waals surface area contributed by atoms with Crippen LogP contribution in [0.3, 0.4) is 0 Å². The van der Waals surface area contributed by atoms with Crippen molar-refractivity contribution in [3.8, 4) is 11.8 Å². The number of aryl methyl sites for hydroxylation is 2. The molecule has 3 heteroatoms. The average molecular weight is 340 g/mol. The number of aromatic nitrogens is 1. The maximum Gasteiger partial charge on any atom is 0.203 e. The lowest BCUT2D eigenvalue weighted by Gasteiger charge is -2.10. The zero-order valence-electron chi connectivity index (χ0n) is 15.2. The van der Waals surface area contributed by atoms with Crippen LogP contribution >= 0.6 is 0 Å². The first-order valence-electron chi connectivity index (χ1n) is 8.49. The van der Waals surface area contributed by atoms with Gasteiger partial charge in [0.1, 0.15) is 11.6 Å². The Hall–Kier alpha value is -3.38. The zero-order chi connectivity index (χ0) is 18.7. The van der Waals surface area contributed by atoms with E-state index in [-0.39, 0.29) is 11.4 Å². The third-order valence-electron chi connectivity index (χ3n) is 4.46. The largest absolute Gasteiger partial charge is 0.318 e. The first-order chi connectivity index (χ1) is 12.5. The summed E-state index contributed by atoms with van der Waals surface area (Å²) in [6, 6.07) is 21.2. The molecule has 1 heterocycles. The van der Waals surface area contributed by atoms with E-state index in [1.54, 1.807) is 30.3 Å². The van der Waals surface area contributed by atoms with Crippen molar-refractivity contribution in [3.05, 3.63) is 94.3 Å². The number of hydrogen-bond acceptors (Lipinski definition) is 2. The SMILES string of the molecule is Cc1ccc(-n2c(C)cc(C=C(C#N)C(=O)c3ccccc3)c2C)cc1. The summed E-state index contributed by atoms with van der Waals surface area (Å²) in [5.41, 5.74) is 5.87. The smallest absolute Gasteiger partial charge is 0.203 e. The molecule has 0 aliphatic heterocycles. The molecule has 3 rings (SSSR count). The van der Waals surface area contributed by atoms with Crippen LogP contribution in [-0.4, -0.2) is 10.4 Å². The van der Waals surface area contributed by atoms with Gasteiger partial charge in [0.15, 0.2) is 0 Å². The monoisotopic (exact) mass is 340 g/mol. The van der Waals surface area contributed by atoms with E-state index < -0.39 is 0 Å². The Morgan fingerprint density at radius 1 is 1.00 bits per heavy atom. The first-order valence-corrected chi connectivity index (χ1v) is 8.49. The minimum absolute atomic E-state index is 0.139. The molecule has 0 unspecified atom stereocenters. The second kappa shape index (κ2) is 7.25. The van der Waals surface area contributed by atoms with Crippen LogP contribution in [-0.2, 0) is 0 Å². The zero-order valence-corrected chi connectivity index (χ0v) is 15.2. The first kappa shape index (κ1) is 17.4. The normalized spacial score (nSPS) is 11.2. The highest BCUT2D eigenvalue weighted by Gasteiger charge is 2.15. The Morgan fingerprint density at radius 2 is 1.65 bits per heavy atom. The summed E-state index contributed by atoms with van der Waals surface area (Å²) < 4.78 is 2.13. The van der Waals surface area contributed by atoms with Crippen molar-refractivity contribution in [2.45, 2.75) is 20.8 Å². The molecule has 1 aromatic heterocycles. The highest BCUT2D eigenvalue weighted by molar-refractivity contribution is 6.14. The van der Waals surface area contributed by atoms with Crippen LogP contribution in [0.25, 0.3) is 11.8 Å². The third kappa shape index (κ3) is 3.36. The molecule has 0 spiro atoms. The number of Topliss-reactive ketones (excluding diaryl/α,β-unsaturated/α-hetero) is 1. The lowest BCUT2D eigenvalue weighted by atomic mass is 10.0. The number of ketones is 1. The quantitative estimate of drug-likeness (QED) is 0.372. The third-order valence-corrected chi connectivity index (χ3v) is 4.46. The second-order valence-corrected chi connectivity index (χ2v) is 6.36. The van der Waals surface area contributed by atoms with Gasteiger partial charge in [-0.25, -0.2) is 0 Å². The van der Waals surface area contributed by atoms with E-state index in [4.69, 9.17) is 0 Å². The molecule has 0 fully saturated rings. The summed E-state index contributed by atoms with van der Waals surface area (Å²) >= 11 is 0. The molecule has 3 nitrogen and oxygen atoms in total. The van der Waals surface area contributed by atoms with Gasteiger partial charge in [0.25, 0.3) is 0 Å². The lowest BCUT2D eigenvalue weighted by Crippen LogP contribution is -2.02. The molecule has 0 amide bonds. The van der Waals surface area contributed by atoms with E-state index >= 15 is 0 Å². The summed E-state index contributed by atoms with van der Waals surface area (Å²) in [6.45, 7) is 6.08. The highest BCUT2D eigenvalue weighted by Crippen LogP contribution is 2.24. The van der Waals surface area contributed by atoms with Gasteiger partial charge in [0.05, 0.1) is 0 Å². The molecule has 2 aromatic carbocycles. The van der Waals surface area contributed by atoms with Gasteiger partial charge in [0.2, 0.25) is 5.78 Å². The van der Waals surface area contributed by atoms with Crippen LogP contribution in [0.5, 0.6) is 0 Å². The van der Waals surface area contributed by atoms with Crippen LogP contribution < -0.4 is 0 Å². The number of allylic oxidation sites excluding steroid dienone is 1. The van der Waals surface area contributed by atoms with Gasteiger partial charge in [-0.15, -0.1) is 0 Å². The van der Waals surface area contributed by atoms with Gasteiger partial charge in [-0.3, -0.25) is 4.79 Å². The van der Waals surface area contributed by atoms with E-state index in [0.717, 1.165) is 22.6 Å². The van der Waals surface area contributed by atoms with Gasteiger partial charge in [-0.05, 0) is 50.6 Å². The summed E-state index contributed by atoms with van der Waals surface area (Å²) in [5, 5.41) is 9.49. The summed E-state index contributed by atoms with van der Waals surface area (Å²) in [7, 11) is 0. The summed E-state index contributed by atoms with van der Waals surface area (Å²) in [5.74, 6) is -0.256. The number of nitriles is 1. The molecule has 3 aromatic rings. The van der Waals surface area contributed by atoms with Crippen molar-refractivity contribution >= 4 is 11.9 Å². The summed E-state index contributed by atoms with van der Waals surface area (Å²) in [4.78, 5) is 12.6.